The van der Waals surface area contributed by atoms with Gasteiger partial charge in [-0.25, -0.2) is 9.18 Å². The maximum atomic E-state index is 13.7. The number of rotatable bonds is 10. The lowest BCUT2D eigenvalue weighted by Gasteiger charge is -2.33. The van der Waals surface area contributed by atoms with Crippen LogP contribution in [0.3, 0.4) is 0 Å². The van der Waals surface area contributed by atoms with Crippen LogP contribution in [0.2, 0.25) is 10.0 Å². The summed E-state index contributed by atoms with van der Waals surface area (Å²) in [6.45, 7) is 0.0728. The summed E-state index contributed by atoms with van der Waals surface area (Å²) in [4.78, 5) is 24.6. The van der Waals surface area contributed by atoms with Gasteiger partial charge in [0.2, 0.25) is 0 Å². The lowest BCUT2D eigenvalue weighted by molar-refractivity contribution is -0.199. The molecule has 2 aromatic rings. The second kappa shape index (κ2) is 13.3. The van der Waals surface area contributed by atoms with Crippen LogP contribution in [0.5, 0.6) is 11.5 Å². The molecule has 2 N–H and O–H groups in total. The van der Waals surface area contributed by atoms with Crippen LogP contribution in [-0.4, -0.2) is 73.1 Å². The number of hydrogen-bond acceptors (Lipinski definition) is 7. The number of amides is 1. The van der Waals surface area contributed by atoms with Crippen LogP contribution in [0, 0.1) is 5.82 Å². The minimum Gasteiger partial charge on any atom is -0.490 e. The standard InChI is InChI=1S/C24H24Cl2F4N2O6/c25-18-3-2-17(10-19(18)26)38-16-5-7-32(8-6-16)11-15(33)12-36-21-9-14(27)1-4-20(21)31-22(34)13-37-23(35)24(28,29)30/h1-4,9-10,15-16,33H,5-8,11-13H2,(H,31,34)/t15-/m1/s1. The van der Waals surface area contributed by atoms with Gasteiger partial charge in [0, 0.05) is 31.8 Å². The van der Waals surface area contributed by atoms with E-state index in [0.717, 1.165) is 18.2 Å². The Kier molecular flexibility index (Phi) is 10.4. The summed E-state index contributed by atoms with van der Waals surface area (Å²) in [5, 5.41) is 13.4. The second-order valence-corrected chi connectivity index (χ2v) is 9.24. The zero-order valence-electron chi connectivity index (χ0n) is 19.8. The molecule has 1 fully saturated rings. The van der Waals surface area contributed by atoms with Gasteiger partial charge >= 0.3 is 12.1 Å². The van der Waals surface area contributed by atoms with Crippen molar-refractivity contribution in [3.05, 3.63) is 52.3 Å². The predicted molar refractivity (Wildman–Crippen MR) is 130 cm³/mol. The van der Waals surface area contributed by atoms with Gasteiger partial charge in [-0.1, -0.05) is 23.2 Å². The van der Waals surface area contributed by atoms with Crippen LogP contribution in [0.4, 0.5) is 23.2 Å². The lowest BCUT2D eigenvalue weighted by Crippen LogP contribution is -2.43. The van der Waals surface area contributed by atoms with Crippen molar-refractivity contribution in [2.24, 2.45) is 0 Å². The quantitative estimate of drug-likeness (QED) is 0.315. The number of likely N-dealkylation sites (tertiary alicyclic amines) is 1. The Balaban J connectivity index is 1.44. The average Bonchev–Trinajstić information content (AvgIpc) is 2.85. The number of carbonyl (C=O) groups excluding carboxylic acids is 2. The first-order chi connectivity index (χ1) is 17.9. The molecule has 208 valence electrons. The van der Waals surface area contributed by atoms with E-state index < -0.39 is 36.6 Å². The van der Waals surface area contributed by atoms with Gasteiger partial charge in [-0.3, -0.25) is 4.79 Å². The highest BCUT2D eigenvalue weighted by Crippen LogP contribution is 2.29. The molecular formula is C24H24Cl2F4N2O6. The zero-order chi connectivity index (χ0) is 27.9. The number of nitrogens with one attached hydrogen (secondary N) is 1. The van der Waals surface area contributed by atoms with Crippen molar-refractivity contribution in [2.45, 2.75) is 31.2 Å². The molecule has 3 rings (SSSR count). The maximum Gasteiger partial charge on any atom is 0.490 e. The van der Waals surface area contributed by atoms with Crippen molar-refractivity contribution in [3.8, 4) is 11.5 Å². The third-order valence-electron chi connectivity index (χ3n) is 5.41. The summed E-state index contributed by atoms with van der Waals surface area (Å²) in [5.74, 6) is -3.86. The van der Waals surface area contributed by atoms with E-state index in [2.05, 4.69) is 10.1 Å². The number of halogens is 6. The minimum absolute atomic E-state index is 0.0363. The monoisotopic (exact) mass is 582 g/mol. The number of esters is 1. The molecule has 2 aromatic carbocycles. The van der Waals surface area contributed by atoms with Gasteiger partial charge in [0.05, 0.1) is 15.7 Å². The Morgan fingerprint density at radius 1 is 1.11 bits per heavy atom. The van der Waals surface area contributed by atoms with Gasteiger partial charge in [-0.05, 0) is 37.1 Å². The van der Waals surface area contributed by atoms with E-state index in [1.807, 2.05) is 4.90 Å². The van der Waals surface area contributed by atoms with Crippen molar-refractivity contribution in [3.63, 3.8) is 0 Å². The van der Waals surface area contributed by atoms with Crippen LogP contribution in [0.15, 0.2) is 36.4 Å². The molecule has 8 nitrogen and oxygen atoms in total. The molecule has 38 heavy (non-hydrogen) atoms. The van der Waals surface area contributed by atoms with Crippen molar-refractivity contribution in [2.75, 3.05) is 38.2 Å². The number of benzene rings is 2. The van der Waals surface area contributed by atoms with Crippen LogP contribution in [0.1, 0.15) is 12.8 Å². The van der Waals surface area contributed by atoms with Crippen molar-refractivity contribution in [1.29, 1.82) is 0 Å². The third kappa shape index (κ3) is 9.19. The van der Waals surface area contributed by atoms with Crippen LogP contribution >= 0.6 is 23.2 Å². The number of anilines is 1. The molecule has 1 atom stereocenters. The minimum atomic E-state index is -5.24. The summed E-state index contributed by atoms with van der Waals surface area (Å²) in [6.07, 6.45) is -4.85. The Hall–Kier alpha value is -2.80. The van der Waals surface area contributed by atoms with E-state index in [1.165, 1.54) is 0 Å². The van der Waals surface area contributed by atoms with Gasteiger partial charge in [0.25, 0.3) is 5.91 Å². The van der Waals surface area contributed by atoms with E-state index in [0.29, 0.717) is 41.7 Å². The van der Waals surface area contributed by atoms with Gasteiger partial charge in [0.15, 0.2) is 6.61 Å². The molecular weight excluding hydrogens is 559 g/mol. The second-order valence-electron chi connectivity index (χ2n) is 8.42. The normalized spacial score (nSPS) is 15.6. The van der Waals surface area contributed by atoms with Gasteiger partial charge < -0.3 is 29.5 Å². The van der Waals surface area contributed by atoms with Gasteiger partial charge in [-0.2, -0.15) is 13.2 Å². The summed E-state index contributed by atoms with van der Waals surface area (Å²) in [7, 11) is 0. The molecule has 0 unspecified atom stereocenters. The largest absolute Gasteiger partial charge is 0.490 e. The van der Waals surface area contributed by atoms with Crippen LogP contribution in [-0.2, 0) is 14.3 Å². The molecule has 0 bridgehead atoms. The molecule has 1 amide bonds. The topological polar surface area (TPSA) is 97.3 Å². The molecule has 1 saturated heterocycles. The zero-order valence-corrected chi connectivity index (χ0v) is 21.3. The summed E-state index contributed by atoms with van der Waals surface area (Å²) < 4.78 is 65.6. The predicted octanol–water partition coefficient (Wildman–Crippen LogP) is 4.46. The number of carbonyl (C=O) groups is 2. The highest BCUT2D eigenvalue weighted by atomic mass is 35.5. The Morgan fingerprint density at radius 2 is 1.82 bits per heavy atom. The first kappa shape index (κ1) is 29.8. The van der Waals surface area contributed by atoms with Gasteiger partial charge in [0.1, 0.15) is 36.1 Å². The molecule has 0 saturated carbocycles. The molecule has 0 spiro atoms. The molecule has 0 radical (unpaired) electrons. The van der Waals surface area contributed by atoms with E-state index in [9.17, 15) is 32.3 Å². The number of nitrogens with zero attached hydrogens (tertiary/aromatic N) is 1. The number of β-amino-alcohol motifs (C(OH)–C–C–N with tert-alkyl or cyclic N) is 1. The van der Waals surface area contributed by atoms with E-state index in [4.69, 9.17) is 32.7 Å². The number of aliphatic hydroxyl groups is 1. The summed E-state index contributed by atoms with van der Waals surface area (Å²) in [6, 6.07) is 8.10. The lowest BCUT2D eigenvalue weighted by atomic mass is 10.1. The Labute approximate surface area is 225 Å². The number of hydrogen-bond donors (Lipinski definition) is 2. The highest BCUT2D eigenvalue weighted by molar-refractivity contribution is 6.42. The third-order valence-corrected chi connectivity index (χ3v) is 6.15. The van der Waals surface area contributed by atoms with Crippen LogP contribution < -0.4 is 14.8 Å². The van der Waals surface area contributed by atoms with E-state index >= 15 is 0 Å². The molecule has 1 heterocycles. The number of aliphatic hydroxyl groups excluding tert-OH is 1. The number of ether oxygens (including phenoxy) is 3. The molecule has 1 aliphatic heterocycles. The van der Waals surface area contributed by atoms with Crippen molar-refractivity contribution >= 4 is 40.8 Å². The van der Waals surface area contributed by atoms with E-state index in [-0.39, 0.29) is 30.7 Å². The molecule has 0 aliphatic carbocycles. The molecule has 1 aliphatic rings. The summed E-state index contributed by atoms with van der Waals surface area (Å²) in [5.41, 5.74) is -0.0769. The number of alkyl halides is 3. The Bertz CT molecular complexity index is 1130. The molecule has 14 heteroatoms. The highest BCUT2D eigenvalue weighted by Gasteiger charge is 2.41. The van der Waals surface area contributed by atoms with E-state index in [1.54, 1.807) is 18.2 Å². The number of piperidine rings is 1. The fourth-order valence-corrected chi connectivity index (χ4v) is 3.90. The van der Waals surface area contributed by atoms with Crippen molar-refractivity contribution < 1.29 is 46.5 Å². The van der Waals surface area contributed by atoms with Crippen LogP contribution in [0.25, 0.3) is 0 Å². The fraction of sp³-hybridized carbons (Fsp3) is 0.417. The maximum absolute atomic E-state index is 13.7. The SMILES string of the molecule is O=C(COC(=O)C(F)(F)F)Nc1ccc(F)cc1OC[C@H](O)CN1CCC(Oc2ccc(Cl)c(Cl)c2)CC1. The first-order valence-corrected chi connectivity index (χ1v) is 12.1. The first-order valence-electron chi connectivity index (χ1n) is 11.4. The van der Waals surface area contributed by atoms with Crippen molar-refractivity contribution in [1.82, 2.24) is 4.90 Å². The fourth-order valence-electron chi connectivity index (χ4n) is 3.61. The average molecular weight is 583 g/mol. The molecule has 0 aromatic heterocycles. The Morgan fingerprint density at radius 3 is 2.47 bits per heavy atom. The van der Waals surface area contributed by atoms with Gasteiger partial charge in [-0.15, -0.1) is 0 Å². The summed E-state index contributed by atoms with van der Waals surface area (Å²) >= 11 is 11.9. The smallest absolute Gasteiger partial charge is 0.490 e.